The quantitative estimate of drug-likeness (QED) is 0.780. The van der Waals surface area contributed by atoms with Crippen molar-refractivity contribution in [3.8, 4) is 0 Å². The predicted octanol–water partition coefficient (Wildman–Crippen LogP) is 2.05. The van der Waals surface area contributed by atoms with E-state index < -0.39 is 0 Å². The van der Waals surface area contributed by atoms with Gasteiger partial charge < -0.3 is 10.4 Å². The van der Waals surface area contributed by atoms with Crippen molar-refractivity contribution in [2.75, 3.05) is 5.32 Å². The number of anilines is 1. The van der Waals surface area contributed by atoms with E-state index in [9.17, 15) is 4.79 Å². The molecule has 0 saturated carbocycles. The van der Waals surface area contributed by atoms with Crippen molar-refractivity contribution >= 4 is 23.4 Å². The Labute approximate surface area is 97.5 Å². The molecule has 3 rings (SSSR count). The first kappa shape index (κ1) is 9.93. The van der Waals surface area contributed by atoms with Crippen LogP contribution >= 0.6 is 11.8 Å². The van der Waals surface area contributed by atoms with Crippen LogP contribution < -0.4 is 5.32 Å². The Balaban J connectivity index is 2.07. The molecule has 0 bridgehead atoms. The number of benzene rings is 1. The van der Waals surface area contributed by atoms with Crippen LogP contribution in [0.15, 0.2) is 29.7 Å². The molecule has 2 aliphatic heterocycles. The number of carbonyl (C=O) groups excluding carboxylic acids is 1. The Bertz CT molecular complexity index is 484. The lowest BCUT2D eigenvalue weighted by atomic mass is 9.92. The SMILES string of the molecule is O=C1Nc2cc(CO)ccc2C2SC=CC12. The van der Waals surface area contributed by atoms with Crippen LogP contribution in [0, 0.1) is 5.92 Å². The monoisotopic (exact) mass is 233 g/mol. The molecular weight excluding hydrogens is 222 g/mol. The molecule has 4 heteroatoms. The van der Waals surface area contributed by atoms with E-state index in [4.69, 9.17) is 5.11 Å². The second-order valence-electron chi connectivity index (χ2n) is 3.98. The van der Waals surface area contributed by atoms with Crippen LogP contribution in [0.2, 0.25) is 0 Å². The van der Waals surface area contributed by atoms with Gasteiger partial charge in [0.1, 0.15) is 0 Å². The van der Waals surface area contributed by atoms with Gasteiger partial charge in [0, 0.05) is 5.69 Å². The smallest absolute Gasteiger partial charge is 0.232 e. The molecule has 0 spiro atoms. The highest BCUT2D eigenvalue weighted by Gasteiger charge is 2.36. The summed E-state index contributed by atoms with van der Waals surface area (Å²) in [6.45, 7) is 0.00262. The predicted molar refractivity (Wildman–Crippen MR) is 64.0 cm³/mol. The van der Waals surface area contributed by atoms with Crippen molar-refractivity contribution in [3.05, 3.63) is 40.8 Å². The number of fused-ring (bicyclic) bond motifs is 3. The minimum atomic E-state index is -0.0440. The van der Waals surface area contributed by atoms with Gasteiger partial charge in [-0.1, -0.05) is 18.2 Å². The van der Waals surface area contributed by atoms with Gasteiger partial charge in [0.05, 0.1) is 17.8 Å². The maximum Gasteiger partial charge on any atom is 0.232 e. The summed E-state index contributed by atoms with van der Waals surface area (Å²) >= 11 is 1.68. The first-order valence-corrected chi connectivity index (χ1v) is 6.10. The molecule has 0 aromatic heterocycles. The second-order valence-corrected chi connectivity index (χ2v) is 5.03. The molecule has 0 fully saturated rings. The van der Waals surface area contributed by atoms with Crippen molar-refractivity contribution in [2.24, 2.45) is 5.92 Å². The highest BCUT2D eigenvalue weighted by atomic mass is 32.2. The Hall–Kier alpha value is -1.26. The third-order valence-corrected chi connectivity index (χ3v) is 4.16. The summed E-state index contributed by atoms with van der Waals surface area (Å²) in [5.74, 6) is 0.00585. The molecule has 1 amide bonds. The zero-order valence-corrected chi connectivity index (χ0v) is 9.33. The fourth-order valence-corrected chi connectivity index (χ4v) is 3.33. The summed E-state index contributed by atoms with van der Waals surface area (Å²) in [6, 6.07) is 5.76. The van der Waals surface area contributed by atoms with Gasteiger partial charge in [-0.3, -0.25) is 4.79 Å². The highest BCUT2D eigenvalue weighted by Crippen LogP contribution is 2.48. The summed E-state index contributed by atoms with van der Waals surface area (Å²) in [5.41, 5.74) is 2.82. The third-order valence-electron chi connectivity index (χ3n) is 3.00. The number of thioether (sulfide) groups is 1. The van der Waals surface area contributed by atoms with Gasteiger partial charge in [0.2, 0.25) is 5.91 Å². The van der Waals surface area contributed by atoms with Crippen LogP contribution in [0.4, 0.5) is 5.69 Å². The maximum atomic E-state index is 11.8. The maximum absolute atomic E-state index is 11.8. The average molecular weight is 233 g/mol. The molecule has 82 valence electrons. The minimum Gasteiger partial charge on any atom is -0.392 e. The van der Waals surface area contributed by atoms with Crippen molar-refractivity contribution in [3.63, 3.8) is 0 Å². The lowest BCUT2D eigenvalue weighted by molar-refractivity contribution is -0.118. The molecule has 1 aromatic rings. The number of aliphatic hydroxyl groups is 1. The Morgan fingerprint density at radius 3 is 3.12 bits per heavy atom. The molecule has 3 nitrogen and oxygen atoms in total. The summed E-state index contributed by atoms with van der Waals surface area (Å²) in [7, 11) is 0. The average Bonchev–Trinajstić information content (AvgIpc) is 2.78. The lowest BCUT2D eigenvalue weighted by Crippen LogP contribution is -2.29. The third kappa shape index (κ3) is 1.37. The van der Waals surface area contributed by atoms with Gasteiger partial charge in [0.25, 0.3) is 0 Å². The van der Waals surface area contributed by atoms with Crippen molar-refractivity contribution in [1.29, 1.82) is 0 Å². The fourth-order valence-electron chi connectivity index (χ4n) is 2.17. The molecule has 0 aliphatic carbocycles. The summed E-state index contributed by atoms with van der Waals surface area (Å²) < 4.78 is 0. The topological polar surface area (TPSA) is 49.3 Å². The number of hydrogen-bond donors (Lipinski definition) is 2. The number of aliphatic hydroxyl groups excluding tert-OH is 1. The first-order valence-electron chi connectivity index (χ1n) is 5.16. The van der Waals surface area contributed by atoms with Gasteiger partial charge in [-0.25, -0.2) is 0 Å². The lowest BCUT2D eigenvalue weighted by Gasteiger charge is -2.27. The molecule has 16 heavy (non-hydrogen) atoms. The van der Waals surface area contributed by atoms with E-state index in [0.29, 0.717) is 0 Å². The minimum absolute atomic E-state index is 0.00262. The molecular formula is C12H11NO2S. The van der Waals surface area contributed by atoms with Crippen LogP contribution in [0.1, 0.15) is 16.4 Å². The second kappa shape index (κ2) is 3.64. The Morgan fingerprint density at radius 1 is 1.44 bits per heavy atom. The van der Waals surface area contributed by atoms with Crippen LogP contribution in [0.3, 0.4) is 0 Å². The zero-order valence-electron chi connectivity index (χ0n) is 8.51. The van der Waals surface area contributed by atoms with Crippen molar-refractivity contribution in [1.82, 2.24) is 0 Å². The summed E-state index contributed by atoms with van der Waals surface area (Å²) in [6.07, 6.45) is 1.95. The Kier molecular flexibility index (Phi) is 2.26. The van der Waals surface area contributed by atoms with E-state index in [2.05, 4.69) is 5.32 Å². The van der Waals surface area contributed by atoms with Gasteiger partial charge >= 0.3 is 0 Å². The van der Waals surface area contributed by atoms with E-state index >= 15 is 0 Å². The van der Waals surface area contributed by atoms with Crippen molar-refractivity contribution < 1.29 is 9.90 Å². The summed E-state index contributed by atoms with van der Waals surface area (Å²) in [4.78, 5) is 11.8. The van der Waals surface area contributed by atoms with E-state index in [1.807, 2.05) is 29.7 Å². The molecule has 2 N–H and O–H groups in total. The molecule has 2 heterocycles. The molecule has 0 saturated heterocycles. The fraction of sp³-hybridized carbons (Fsp3) is 0.250. The first-order chi connectivity index (χ1) is 7.79. The van der Waals surface area contributed by atoms with Gasteiger partial charge in [-0.15, -0.1) is 11.8 Å². The van der Waals surface area contributed by atoms with Gasteiger partial charge in [-0.2, -0.15) is 0 Å². The standard InChI is InChI=1S/C12H11NO2S/c14-6-7-1-2-8-10(5-7)13-12(15)9-3-4-16-11(8)9/h1-5,9,11,14H,6H2,(H,13,15). The largest absolute Gasteiger partial charge is 0.392 e. The number of carbonyl (C=O) groups is 1. The normalized spacial score (nSPS) is 26.2. The van der Waals surface area contributed by atoms with Crippen molar-refractivity contribution in [2.45, 2.75) is 11.9 Å². The van der Waals surface area contributed by atoms with E-state index in [1.165, 1.54) is 0 Å². The number of rotatable bonds is 1. The molecule has 0 radical (unpaired) electrons. The van der Waals surface area contributed by atoms with E-state index in [-0.39, 0.29) is 23.7 Å². The van der Waals surface area contributed by atoms with Gasteiger partial charge in [0.15, 0.2) is 0 Å². The Morgan fingerprint density at radius 2 is 2.31 bits per heavy atom. The van der Waals surface area contributed by atoms with Gasteiger partial charge in [-0.05, 0) is 22.6 Å². The number of nitrogens with one attached hydrogen (secondary N) is 1. The van der Waals surface area contributed by atoms with Crippen LogP contribution in [0.5, 0.6) is 0 Å². The van der Waals surface area contributed by atoms with E-state index in [1.54, 1.807) is 11.8 Å². The molecule has 2 aliphatic rings. The zero-order chi connectivity index (χ0) is 11.1. The molecule has 1 aromatic carbocycles. The van der Waals surface area contributed by atoms with E-state index in [0.717, 1.165) is 16.8 Å². The molecule has 2 unspecified atom stereocenters. The highest BCUT2D eigenvalue weighted by molar-refractivity contribution is 8.02. The van der Waals surface area contributed by atoms with Crippen LogP contribution in [-0.2, 0) is 11.4 Å². The molecule has 2 atom stereocenters. The van der Waals surface area contributed by atoms with Crippen LogP contribution in [0.25, 0.3) is 0 Å². The number of amides is 1. The summed E-state index contributed by atoms with van der Waals surface area (Å²) in [5, 5.41) is 14.1. The number of hydrogen-bond acceptors (Lipinski definition) is 3. The van der Waals surface area contributed by atoms with Crippen LogP contribution in [-0.4, -0.2) is 11.0 Å².